The number of benzene rings is 1. The molecule has 0 radical (unpaired) electrons. The Morgan fingerprint density at radius 3 is 2.67 bits per heavy atom. The van der Waals surface area contributed by atoms with Crippen molar-refractivity contribution in [1.82, 2.24) is 10.2 Å². The number of carbonyl (C=O) groups excluding carboxylic acids is 1. The van der Waals surface area contributed by atoms with Gasteiger partial charge in [-0.25, -0.2) is 0 Å². The summed E-state index contributed by atoms with van der Waals surface area (Å²) >= 11 is 2.19. The SMILES string of the molecule is CC(C)N(C)CCCNC(=O)c1ccccc1I. The van der Waals surface area contributed by atoms with Gasteiger partial charge < -0.3 is 10.2 Å². The van der Waals surface area contributed by atoms with E-state index in [1.807, 2.05) is 24.3 Å². The average molecular weight is 360 g/mol. The van der Waals surface area contributed by atoms with E-state index in [4.69, 9.17) is 0 Å². The average Bonchev–Trinajstić information content (AvgIpc) is 2.34. The first-order chi connectivity index (χ1) is 8.52. The van der Waals surface area contributed by atoms with Gasteiger partial charge in [0.05, 0.1) is 5.56 Å². The van der Waals surface area contributed by atoms with Gasteiger partial charge in [-0.15, -0.1) is 0 Å². The zero-order valence-corrected chi connectivity index (χ0v) is 13.4. The van der Waals surface area contributed by atoms with Crippen molar-refractivity contribution in [3.63, 3.8) is 0 Å². The normalized spacial score (nSPS) is 11.0. The minimum atomic E-state index is 0.0206. The Morgan fingerprint density at radius 2 is 2.06 bits per heavy atom. The molecule has 0 aliphatic carbocycles. The third-order valence-corrected chi connectivity index (χ3v) is 3.91. The highest BCUT2D eigenvalue weighted by Gasteiger charge is 2.08. The number of carbonyl (C=O) groups is 1. The van der Waals surface area contributed by atoms with Crippen LogP contribution in [0.2, 0.25) is 0 Å². The maximum absolute atomic E-state index is 11.9. The van der Waals surface area contributed by atoms with Crippen LogP contribution < -0.4 is 5.32 Å². The van der Waals surface area contributed by atoms with E-state index in [-0.39, 0.29) is 5.91 Å². The summed E-state index contributed by atoms with van der Waals surface area (Å²) in [6.45, 7) is 6.07. The van der Waals surface area contributed by atoms with Crippen LogP contribution in [0.3, 0.4) is 0 Å². The Morgan fingerprint density at radius 1 is 1.39 bits per heavy atom. The second-order valence-corrected chi connectivity index (χ2v) is 5.83. The molecule has 0 unspecified atom stereocenters. The molecule has 0 bridgehead atoms. The lowest BCUT2D eigenvalue weighted by molar-refractivity contribution is 0.0950. The number of amides is 1. The van der Waals surface area contributed by atoms with Gasteiger partial charge in [0.15, 0.2) is 0 Å². The highest BCUT2D eigenvalue weighted by molar-refractivity contribution is 14.1. The molecule has 3 nitrogen and oxygen atoms in total. The minimum Gasteiger partial charge on any atom is -0.352 e. The quantitative estimate of drug-likeness (QED) is 0.625. The third-order valence-electron chi connectivity index (χ3n) is 2.97. The molecule has 0 aliphatic rings. The van der Waals surface area contributed by atoms with E-state index in [9.17, 15) is 4.79 Å². The van der Waals surface area contributed by atoms with E-state index in [1.165, 1.54) is 0 Å². The molecule has 1 aromatic rings. The smallest absolute Gasteiger partial charge is 0.252 e. The first-order valence-corrected chi connectivity index (χ1v) is 7.33. The summed E-state index contributed by atoms with van der Waals surface area (Å²) in [6.07, 6.45) is 0.976. The fourth-order valence-corrected chi connectivity index (χ4v) is 2.16. The van der Waals surface area contributed by atoms with Crippen molar-refractivity contribution in [2.24, 2.45) is 0 Å². The van der Waals surface area contributed by atoms with E-state index in [2.05, 4.69) is 53.7 Å². The second-order valence-electron chi connectivity index (χ2n) is 4.66. The summed E-state index contributed by atoms with van der Waals surface area (Å²) in [5, 5.41) is 2.96. The van der Waals surface area contributed by atoms with Crippen LogP contribution in [0.5, 0.6) is 0 Å². The fraction of sp³-hybridized carbons (Fsp3) is 0.500. The van der Waals surface area contributed by atoms with E-state index >= 15 is 0 Å². The molecule has 0 spiro atoms. The van der Waals surface area contributed by atoms with Crippen molar-refractivity contribution in [2.45, 2.75) is 26.3 Å². The first kappa shape index (κ1) is 15.4. The number of nitrogens with one attached hydrogen (secondary N) is 1. The largest absolute Gasteiger partial charge is 0.352 e. The Kier molecular flexibility index (Phi) is 6.63. The van der Waals surface area contributed by atoms with Gasteiger partial charge in [0.25, 0.3) is 5.91 Å². The molecule has 18 heavy (non-hydrogen) atoms. The maximum atomic E-state index is 11.9. The predicted molar refractivity (Wildman–Crippen MR) is 83.9 cm³/mol. The van der Waals surface area contributed by atoms with E-state index in [1.54, 1.807) is 0 Å². The van der Waals surface area contributed by atoms with Gasteiger partial charge in [-0.05, 0) is 68.6 Å². The highest BCUT2D eigenvalue weighted by Crippen LogP contribution is 2.10. The number of halogens is 1. The molecule has 100 valence electrons. The van der Waals surface area contributed by atoms with Crippen LogP contribution >= 0.6 is 22.6 Å². The summed E-state index contributed by atoms with van der Waals surface area (Å²) in [5.74, 6) is 0.0206. The van der Waals surface area contributed by atoms with Crippen LogP contribution in [0, 0.1) is 3.57 Å². The number of hydrogen-bond acceptors (Lipinski definition) is 2. The lowest BCUT2D eigenvalue weighted by atomic mass is 10.2. The van der Waals surface area contributed by atoms with Crippen LogP contribution in [-0.2, 0) is 0 Å². The number of nitrogens with zero attached hydrogens (tertiary/aromatic N) is 1. The number of rotatable bonds is 6. The summed E-state index contributed by atoms with van der Waals surface area (Å²) in [6, 6.07) is 8.19. The predicted octanol–water partition coefficient (Wildman–Crippen LogP) is 2.75. The van der Waals surface area contributed by atoms with Gasteiger partial charge in [0.2, 0.25) is 0 Å². The number of hydrogen-bond donors (Lipinski definition) is 1. The molecular weight excluding hydrogens is 339 g/mol. The van der Waals surface area contributed by atoms with Crippen LogP contribution in [0.25, 0.3) is 0 Å². The van der Waals surface area contributed by atoms with Gasteiger partial charge in [0, 0.05) is 16.2 Å². The van der Waals surface area contributed by atoms with Crippen LogP contribution in [0.4, 0.5) is 0 Å². The Hall–Kier alpha value is -0.620. The second kappa shape index (κ2) is 7.74. The summed E-state index contributed by atoms with van der Waals surface area (Å²) in [7, 11) is 2.10. The lowest BCUT2D eigenvalue weighted by Gasteiger charge is -2.20. The highest BCUT2D eigenvalue weighted by atomic mass is 127. The van der Waals surface area contributed by atoms with Crippen molar-refractivity contribution >= 4 is 28.5 Å². The zero-order chi connectivity index (χ0) is 13.5. The Labute approximate surface area is 123 Å². The summed E-state index contributed by atoms with van der Waals surface area (Å²) in [4.78, 5) is 14.2. The molecule has 0 aliphatic heterocycles. The molecule has 1 aromatic carbocycles. The Bertz CT molecular complexity index is 393. The monoisotopic (exact) mass is 360 g/mol. The molecular formula is C14H21IN2O. The van der Waals surface area contributed by atoms with Gasteiger partial charge in [-0.3, -0.25) is 4.79 Å². The van der Waals surface area contributed by atoms with Crippen LogP contribution in [0.1, 0.15) is 30.6 Å². The van der Waals surface area contributed by atoms with E-state index in [0.717, 1.165) is 28.6 Å². The van der Waals surface area contributed by atoms with Gasteiger partial charge in [0.1, 0.15) is 0 Å². The van der Waals surface area contributed by atoms with Crippen molar-refractivity contribution in [3.05, 3.63) is 33.4 Å². The van der Waals surface area contributed by atoms with Crippen molar-refractivity contribution in [1.29, 1.82) is 0 Å². The molecule has 0 atom stereocenters. The zero-order valence-electron chi connectivity index (χ0n) is 11.2. The molecule has 1 rings (SSSR count). The molecule has 0 saturated heterocycles. The fourth-order valence-electron chi connectivity index (χ4n) is 1.53. The summed E-state index contributed by atoms with van der Waals surface area (Å²) in [5.41, 5.74) is 0.760. The van der Waals surface area contributed by atoms with Crippen molar-refractivity contribution < 1.29 is 4.79 Å². The third kappa shape index (κ3) is 4.94. The van der Waals surface area contributed by atoms with Crippen molar-refractivity contribution in [3.8, 4) is 0 Å². The summed E-state index contributed by atoms with van der Waals surface area (Å²) < 4.78 is 0.992. The van der Waals surface area contributed by atoms with Crippen molar-refractivity contribution in [2.75, 3.05) is 20.1 Å². The molecule has 1 amide bonds. The Balaban J connectivity index is 2.32. The van der Waals surface area contributed by atoms with Crippen LogP contribution in [0.15, 0.2) is 24.3 Å². The molecule has 0 aromatic heterocycles. The van der Waals surface area contributed by atoms with E-state index in [0.29, 0.717) is 6.04 Å². The van der Waals surface area contributed by atoms with Crippen LogP contribution in [-0.4, -0.2) is 37.0 Å². The van der Waals surface area contributed by atoms with Gasteiger partial charge in [-0.1, -0.05) is 12.1 Å². The molecule has 0 heterocycles. The first-order valence-electron chi connectivity index (χ1n) is 6.25. The van der Waals surface area contributed by atoms with Gasteiger partial charge in [-0.2, -0.15) is 0 Å². The molecule has 1 N–H and O–H groups in total. The molecule has 0 saturated carbocycles. The lowest BCUT2D eigenvalue weighted by Crippen LogP contribution is -2.31. The topological polar surface area (TPSA) is 32.3 Å². The minimum absolute atomic E-state index is 0.0206. The van der Waals surface area contributed by atoms with Gasteiger partial charge >= 0.3 is 0 Å². The maximum Gasteiger partial charge on any atom is 0.252 e. The van der Waals surface area contributed by atoms with E-state index < -0.39 is 0 Å². The standard InChI is InChI=1S/C14H21IN2O/c1-11(2)17(3)10-6-9-16-14(18)12-7-4-5-8-13(12)15/h4-5,7-8,11H,6,9-10H2,1-3H3,(H,16,18). The molecule has 4 heteroatoms. The molecule has 0 fully saturated rings.